The zero-order valence-corrected chi connectivity index (χ0v) is 22.0. The van der Waals surface area contributed by atoms with E-state index in [2.05, 4.69) is 13.5 Å². The highest BCUT2D eigenvalue weighted by molar-refractivity contribution is 5.82. The SMILES string of the molecule is C=C1CCCC2OC(C=CC2OC)CC=CC(=O)OC(C(O)C=CC2CC(C)=CCO2)CC=CC(O)C1. The second-order valence-corrected chi connectivity index (χ2v) is 9.99. The third kappa shape index (κ3) is 10.2. The van der Waals surface area contributed by atoms with Crippen LogP contribution in [0.15, 0.2) is 72.4 Å². The van der Waals surface area contributed by atoms with E-state index in [-0.39, 0.29) is 30.8 Å². The lowest BCUT2D eigenvalue weighted by atomic mass is 9.98. The van der Waals surface area contributed by atoms with E-state index in [0.717, 1.165) is 31.3 Å². The van der Waals surface area contributed by atoms with Gasteiger partial charge in [0.15, 0.2) is 0 Å². The van der Waals surface area contributed by atoms with Crippen molar-refractivity contribution in [3.8, 4) is 0 Å². The maximum Gasteiger partial charge on any atom is 0.330 e. The molecule has 37 heavy (non-hydrogen) atoms. The first-order valence-electron chi connectivity index (χ1n) is 13.2. The summed E-state index contributed by atoms with van der Waals surface area (Å²) >= 11 is 0. The lowest BCUT2D eigenvalue weighted by molar-refractivity contribution is -0.147. The van der Waals surface area contributed by atoms with Crippen molar-refractivity contribution in [2.24, 2.45) is 0 Å². The normalized spacial score (nSPS) is 33.5. The zero-order valence-electron chi connectivity index (χ0n) is 22.0. The summed E-state index contributed by atoms with van der Waals surface area (Å²) in [6, 6.07) is 0. The molecule has 3 heterocycles. The van der Waals surface area contributed by atoms with Crippen LogP contribution in [0.25, 0.3) is 0 Å². The maximum absolute atomic E-state index is 12.6. The van der Waals surface area contributed by atoms with E-state index in [1.165, 1.54) is 11.6 Å². The molecule has 7 atom stereocenters. The van der Waals surface area contributed by atoms with Gasteiger partial charge in [0.25, 0.3) is 0 Å². The smallest absolute Gasteiger partial charge is 0.330 e. The molecule has 7 unspecified atom stereocenters. The monoisotopic (exact) mass is 514 g/mol. The summed E-state index contributed by atoms with van der Waals surface area (Å²) in [5, 5.41) is 21.3. The summed E-state index contributed by atoms with van der Waals surface area (Å²) in [4.78, 5) is 12.6. The van der Waals surface area contributed by atoms with E-state index in [4.69, 9.17) is 18.9 Å². The van der Waals surface area contributed by atoms with Crippen LogP contribution in [-0.2, 0) is 23.7 Å². The van der Waals surface area contributed by atoms with Gasteiger partial charge in [0.1, 0.15) is 18.3 Å². The van der Waals surface area contributed by atoms with Gasteiger partial charge in [-0.1, -0.05) is 66.3 Å². The van der Waals surface area contributed by atoms with Crippen LogP contribution in [-0.4, -0.2) is 72.6 Å². The minimum atomic E-state index is -1.02. The van der Waals surface area contributed by atoms with Gasteiger partial charge >= 0.3 is 5.97 Å². The molecular weight excluding hydrogens is 472 g/mol. The number of ether oxygens (including phenoxy) is 4. The molecule has 0 saturated carbocycles. The Morgan fingerprint density at radius 3 is 2.81 bits per heavy atom. The molecule has 0 aromatic carbocycles. The number of cyclic esters (lactones) is 1. The molecular formula is C30H42O7. The molecule has 3 aliphatic heterocycles. The first-order valence-corrected chi connectivity index (χ1v) is 13.2. The quantitative estimate of drug-likeness (QED) is 0.427. The highest BCUT2D eigenvalue weighted by Crippen LogP contribution is 2.24. The molecule has 0 aromatic heterocycles. The highest BCUT2D eigenvalue weighted by atomic mass is 16.6. The van der Waals surface area contributed by atoms with Gasteiger partial charge in [-0.2, -0.15) is 0 Å². The topological polar surface area (TPSA) is 94.5 Å². The van der Waals surface area contributed by atoms with Crippen molar-refractivity contribution >= 4 is 5.97 Å². The Morgan fingerprint density at radius 1 is 1.19 bits per heavy atom. The van der Waals surface area contributed by atoms with Gasteiger partial charge in [-0.3, -0.25) is 0 Å². The molecule has 0 spiro atoms. The van der Waals surface area contributed by atoms with E-state index >= 15 is 0 Å². The third-order valence-corrected chi connectivity index (χ3v) is 6.81. The average molecular weight is 515 g/mol. The van der Waals surface area contributed by atoms with Crippen molar-refractivity contribution in [2.75, 3.05) is 13.7 Å². The first-order chi connectivity index (χ1) is 17.8. The molecule has 0 radical (unpaired) electrons. The number of hydrogen-bond acceptors (Lipinski definition) is 7. The number of aliphatic hydroxyl groups is 2. The minimum Gasteiger partial charge on any atom is -0.456 e. The Balaban J connectivity index is 1.70. The van der Waals surface area contributed by atoms with Crippen LogP contribution in [0.4, 0.5) is 0 Å². The van der Waals surface area contributed by atoms with Crippen LogP contribution >= 0.6 is 0 Å². The van der Waals surface area contributed by atoms with Crippen molar-refractivity contribution in [3.05, 3.63) is 72.4 Å². The van der Waals surface area contributed by atoms with E-state index in [0.29, 0.717) is 19.4 Å². The molecule has 3 aliphatic rings. The van der Waals surface area contributed by atoms with E-state index < -0.39 is 24.3 Å². The molecule has 0 aromatic rings. The Kier molecular flexibility index (Phi) is 12.0. The number of carbonyl (C=O) groups excluding carboxylic acids is 1. The van der Waals surface area contributed by atoms with Crippen LogP contribution in [0.1, 0.15) is 51.9 Å². The number of hydrogen-bond donors (Lipinski definition) is 2. The van der Waals surface area contributed by atoms with Crippen molar-refractivity contribution in [2.45, 2.75) is 94.6 Å². The van der Waals surface area contributed by atoms with Crippen LogP contribution < -0.4 is 0 Å². The van der Waals surface area contributed by atoms with Crippen LogP contribution in [0.2, 0.25) is 0 Å². The van der Waals surface area contributed by atoms with E-state index in [9.17, 15) is 15.0 Å². The molecule has 3 rings (SSSR count). The van der Waals surface area contributed by atoms with Gasteiger partial charge in [0.2, 0.25) is 0 Å². The fraction of sp³-hybridized carbons (Fsp3) is 0.567. The summed E-state index contributed by atoms with van der Waals surface area (Å²) in [5.74, 6) is -0.542. The van der Waals surface area contributed by atoms with Crippen molar-refractivity contribution < 1.29 is 34.0 Å². The van der Waals surface area contributed by atoms with Gasteiger partial charge in [-0.25, -0.2) is 4.79 Å². The Labute approximate surface area is 220 Å². The number of carbonyl (C=O) groups is 1. The molecule has 0 aliphatic carbocycles. The predicted molar refractivity (Wildman–Crippen MR) is 143 cm³/mol. The first kappa shape index (κ1) is 29.3. The van der Waals surface area contributed by atoms with Crippen LogP contribution in [0.5, 0.6) is 0 Å². The number of esters is 1. The fourth-order valence-corrected chi connectivity index (χ4v) is 4.69. The Bertz CT molecular complexity index is 900. The van der Waals surface area contributed by atoms with E-state index in [1.807, 2.05) is 24.3 Å². The van der Waals surface area contributed by atoms with Gasteiger partial charge in [0, 0.05) is 19.6 Å². The van der Waals surface area contributed by atoms with Crippen LogP contribution in [0, 0.1) is 0 Å². The number of rotatable bonds is 4. The van der Waals surface area contributed by atoms with E-state index in [1.54, 1.807) is 31.4 Å². The third-order valence-electron chi connectivity index (χ3n) is 6.81. The van der Waals surface area contributed by atoms with Gasteiger partial charge < -0.3 is 29.2 Å². The molecule has 204 valence electrons. The molecule has 0 saturated heterocycles. The fourth-order valence-electron chi connectivity index (χ4n) is 4.69. The number of methoxy groups -OCH3 is 1. The largest absolute Gasteiger partial charge is 0.456 e. The summed E-state index contributed by atoms with van der Waals surface area (Å²) < 4.78 is 23.1. The average Bonchev–Trinajstić information content (AvgIpc) is 2.86. The lowest BCUT2D eigenvalue weighted by Gasteiger charge is -2.31. The van der Waals surface area contributed by atoms with Gasteiger partial charge in [0.05, 0.1) is 31.0 Å². The summed E-state index contributed by atoms with van der Waals surface area (Å²) in [6.45, 7) is 6.71. The number of fused-ring (bicyclic) bond motifs is 2. The Morgan fingerprint density at radius 2 is 2.03 bits per heavy atom. The second kappa shape index (κ2) is 15.2. The van der Waals surface area contributed by atoms with Crippen molar-refractivity contribution in [3.63, 3.8) is 0 Å². The van der Waals surface area contributed by atoms with Gasteiger partial charge in [-0.15, -0.1) is 0 Å². The lowest BCUT2D eigenvalue weighted by Crippen LogP contribution is -2.36. The zero-order chi connectivity index (χ0) is 26.6. The molecule has 0 fully saturated rings. The molecule has 2 bridgehead atoms. The Hall–Kier alpha value is -2.29. The summed E-state index contributed by atoms with van der Waals surface area (Å²) in [5.41, 5.74) is 2.20. The predicted octanol–water partition coefficient (Wildman–Crippen LogP) is 4.27. The standard InChI is InChI=1S/C30H42O7/c1-21-7-4-11-29-28(34-3)16-14-24(36-29)9-6-12-30(33)37-27(10-5-8-23(31)19-21)26(32)15-13-25-20-22(2)17-18-35-25/h5-6,8,12-17,23-29,31-32H,1,4,7,9-11,18-20H2,2-3H3. The second-order valence-electron chi connectivity index (χ2n) is 9.99. The number of aliphatic hydroxyl groups excluding tert-OH is 2. The molecule has 0 amide bonds. The molecule has 7 nitrogen and oxygen atoms in total. The highest BCUT2D eigenvalue weighted by Gasteiger charge is 2.27. The van der Waals surface area contributed by atoms with Crippen molar-refractivity contribution in [1.82, 2.24) is 0 Å². The molecule has 2 N–H and O–H groups in total. The minimum absolute atomic E-state index is 0.0874. The summed E-state index contributed by atoms with van der Waals surface area (Å²) in [6.07, 6.45) is 17.4. The van der Waals surface area contributed by atoms with Gasteiger partial charge in [-0.05, 0) is 45.4 Å². The maximum atomic E-state index is 12.6. The van der Waals surface area contributed by atoms with Crippen LogP contribution in [0.3, 0.4) is 0 Å². The summed E-state index contributed by atoms with van der Waals surface area (Å²) in [7, 11) is 1.67. The van der Waals surface area contributed by atoms with Crippen molar-refractivity contribution in [1.29, 1.82) is 0 Å². The molecule has 7 heteroatoms.